The highest BCUT2D eigenvalue weighted by Crippen LogP contribution is 2.28. The van der Waals surface area contributed by atoms with Gasteiger partial charge in [-0.25, -0.2) is 9.97 Å². The number of nitrogens with zero attached hydrogens (tertiary/aromatic N) is 3. The lowest BCUT2D eigenvalue weighted by Gasteiger charge is -2.09. The van der Waals surface area contributed by atoms with E-state index in [9.17, 15) is 0 Å². The maximum absolute atomic E-state index is 4.65. The van der Waals surface area contributed by atoms with Crippen LogP contribution in [-0.4, -0.2) is 21.5 Å². The van der Waals surface area contributed by atoms with E-state index >= 15 is 0 Å². The number of fused-ring (bicyclic) bond motifs is 1. The number of halogens is 1. The molecule has 0 aliphatic carbocycles. The van der Waals surface area contributed by atoms with Crippen LogP contribution < -0.4 is 5.32 Å². The Morgan fingerprint density at radius 1 is 1.30 bits per heavy atom. The van der Waals surface area contributed by atoms with Crippen LogP contribution in [0.1, 0.15) is 13.3 Å². The molecule has 0 bridgehead atoms. The summed E-state index contributed by atoms with van der Waals surface area (Å²) >= 11 is 5.05. The quantitative estimate of drug-likeness (QED) is 0.761. The Balaban J connectivity index is 2.17. The third-order valence-electron chi connectivity index (χ3n) is 2.85. The van der Waals surface area contributed by atoms with E-state index in [0.29, 0.717) is 0 Å². The highest BCUT2D eigenvalue weighted by atomic mass is 79.9. The summed E-state index contributed by atoms with van der Waals surface area (Å²) in [7, 11) is 0. The molecule has 0 aliphatic rings. The molecule has 6 heteroatoms. The second-order valence-corrected chi connectivity index (χ2v) is 6.15. The average Bonchev–Trinajstić information content (AvgIpc) is 2.99. The predicted molar refractivity (Wildman–Crippen MR) is 87.1 cm³/mol. The molecule has 0 amide bonds. The maximum atomic E-state index is 4.65. The van der Waals surface area contributed by atoms with Gasteiger partial charge in [0.25, 0.3) is 0 Å². The molecule has 20 heavy (non-hydrogen) atoms. The minimum absolute atomic E-state index is 0.723. The van der Waals surface area contributed by atoms with Crippen LogP contribution in [0.25, 0.3) is 21.6 Å². The first-order valence-electron chi connectivity index (χ1n) is 6.38. The van der Waals surface area contributed by atoms with Crippen LogP contribution in [0, 0.1) is 0 Å². The Kier molecular flexibility index (Phi) is 3.93. The molecule has 0 spiro atoms. The Labute approximate surface area is 129 Å². The van der Waals surface area contributed by atoms with Crippen LogP contribution in [0.3, 0.4) is 0 Å². The fourth-order valence-electron chi connectivity index (χ4n) is 1.92. The van der Waals surface area contributed by atoms with Gasteiger partial charge in [-0.3, -0.25) is 4.98 Å². The molecular weight excluding hydrogens is 336 g/mol. The number of hydrogen-bond acceptors (Lipinski definition) is 5. The summed E-state index contributed by atoms with van der Waals surface area (Å²) in [5, 5.41) is 4.41. The van der Waals surface area contributed by atoms with Gasteiger partial charge in [-0.05, 0) is 24.6 Å². The minimum Gasteiger partial charge on any atom is -0.369 e. The number of aromatic nitrogens is 3. The van der Waals surface area contributed by atoms with Gasteiger partial charge in [0.15, 0.2) is 5.82 Å². The molecule has 102 valence electrons. The Morgan fingerprint density at radius 3 is 2.95 bits per heavy atom. The lowest BCUT2D eigenvalue weighted by Crippen LogP contribution is -2.04. The van der Waals surface area contributed by atoms with Crippen molar-refractivity contribution in [3.05, 3.63) is 34.4 Å². The van der Waals surface area contributed by atoms with Crippen molar-refractivity contribution in [3.63, 3.8) is 0 Å². The third kappa shape index (κ3) is 2.66. The number of anilines is 1. The highest BCUT2D eigenvalue weighted by Gasteiger charge is 2.10. The van der Waals surface area contributed by atoms with Crippen molar-refractivity contribution in [1.29, 1.82) is 0 Å². The topological polar surface area (TPSA) is 50.7 Å². The predicted octanol–water partition coefficient (Wildman–Crippen LogP) is 4.34. The Bertz CT molecular complexity index is 727. The number of nitrogens with one attached hydrogen (secondary N) is 1. The first-order valence-corrected chi connectivity index (χ1v) is 8.05. The molecule has 0 aliphatic heterocycles. The Morgan fingerprint density at radius 2 is 2.20 bits per heavy atom. The van der Waals surface area contributed by atoms with Crippen LogP contribution in [0.2, 0.25) is 0 Å². The smallest absolute Gasteiger partial charge is 0.173 e. The summed E-state index contributed by atoms with van der Waals surface area (Å²) in [5.74, 6) is 1.60. The summed E-state index contributed by atoms with van der Waals surface area (Å²) in [6, 6.07) is 6.04. The first-order chi connectivity index (χ1) is 9.78. The van der Waals surface area contributed by atoms with E-state index in [1.165, 1.54) is 0 Å². The SMILES string of the molecule is CCCNc1nc(-c2cncs2)nc2ccc(Br)cc12. The summed E-state index contributed by atoms with van der Waals surface area (Å²) in [6.45, 7) is 3.02. The standard InChI is InChI=1S/C14H13BrN4S/c1-2-5-17-13-10-6-9(15)3-4-11(10)18-14(19-13)12-7-16-8-20-12/h3-4,6-8H,2,5H2,1H3,(H,17,18,19). The third-order valence-corrected chi connectivity index (χ3v) is 4.12. The van der Waals surface area contributed by atoms with Crippen LogP contribution >= 0.6 is 27.3 Å². The molecule has 3 aromatic rings. The monoisotopic (exact) mass is 348 g/mol. The highest BCUT2D eigenvalue weighted by molar-refractivity contribution is 9.10. The zero-order valence-corrected chi connectivity index (χ0v) is 13.3. The van der Waals surface area contributed by atoms with Gasteiger partial charge in [-0.15, -0.1) is 11.3 Å². The summed E-state index contributed by atoms with van der Waals surface area (Å²) in [5.41, 5.74) is 2.73. The van der Waals surface area contributed by atoms with Gasteiger partial charge in [-0.1, -0.05) is 22.9 Å². The summed E-state index contributed by atoms with van der Waals surface area (Å²) in [4.78, 5) is 14.4. The Hall–Kier alpha value is -1.53. The van der Waals surface area contributed by atoms with E-state index in [1.54, 1.807) is 23.0 Å². The second kappa shape index (κ2) is 5.85. The summed E-state index contributed by atoms with van der Waals surface area (Å²) < 4.78 is 1.03. The minimum atomic E-state index is 0.723. The van der Waals surface area contributed by atoms with Gasteiger partial charge < -0.3 is 5.32 Å². The normalized spacial score (nSPS) is 10.9. The molecule has 2 aromatic heterocycles. The number of hydrogen-bond donors (Lipinski definition) is 1. The van der Waals surface area contributed by atoms with E-state index in [1.807, 2.05) is 18.2 Å². The number of rotatable bonds is 4. The fraction of sp³-hybridized carbons (Fsp3) is 0.214. The first kappa shape index (κ1) is 13.5. The van der Waals surface area contributed by atoms with Crippen molar-refractivity contribution in [1.82, 2.24) is 15.0 Å². The molecule has 1 N–H and O–H groups in total. The molecule has 0 radical (unpaired) electrons. The van der Waals surface area contributed by atoms with Gasteiger partial charge >= 0.3 is 0 Å². The average molecular weight is 349 g/mol. The van der Waals surface area contributed by atoms with E-state index in [0.717, 1.165) is 44.9 Å². The van der Waals surface area contributed by atoms with Gasteiger partial charge in [0.1, 0.15) is 5.82 Å². The molecule has 0 fully saturated rings. The zero-order chi connectivity index (χ0) is 13.9. The lowest BCUT2D eigenvalue weighted by atomic mass is 10.2. The van der Waals surface area contributed by atoms with Gasteiger partial charge in [0, 0.05) is 22.6 Å². The number of benzene rings is 1. The van der Waals surface area contributed by atoms with Crippen molar-refractivity contribution in [2.24, 2.45) is 0 Å². The van der Waals surface area contributed by atoms with E-state index in [4.69, 9.17) is 0 Å². The van der Waals surface area contributed by atoms with Crippen molar-refractivity contribution in [2.75, 3.05) is 11.9 Å². The summed E-state index contributed by atoms with van der Waals surface area (Å²) in [6.07, 6.45) is 2.85. The van der Waals surface area contributed by atoms with E-state index < -0.39 is 0 Å². The van der Waals surface area contributed by atoms with Gasteiger partial charge in [0.2, 0.25) is 0 Å². The van der Waals surface area contributed by atoms with Crippen molar-refractivity contribution >= 4 is 44.0 Å². The molecule has 0 unspecified atom stereocenters. The molecular formula is C14H13BrN4S. The molecule has 1 aromatic carbocycles. The molecule has 0 saturated heterocycles. The van der Waals surface area contributed by atoms with Crippen LogP contribution in [0.4, 0.5) is 5.82 Å². The van der Waals surface area contributed by atoms with Crippen molar-refractivity contribution in [3.8, 4) is 10.7 Å². The van der Waals surface area contributed by atoms with Gasteiger partial charge in [0.05, 0.1) is 15.9 Å². The lowest BCUT2D eigenvalue weighted by molar-refractivity contribution is 0.970. The van der Waals surface area contributed by atoms with Crippen LogP contribution in [0.5, 0.6) is 0 Å². The maximum Gasteiger partial charge on any atom is 0.173 e. The molecule has 2 heterocycles. The number of thiazole rings is 1. The van der Waals surface area contributed by atoms with E-state index in [2.05, 4.69) is 43.1 Å². The van der Waals surface area contributed by atoms with Crippen molar-refractivity contribution in [2.45, 2.75) is 13.3 Å². The zero-order valence-electron chi connectivity index (χ0n) is 10.9. The second-order valence-electron chi connectivity index (χ2n) is 4.35. The van der Waals surface area contributed by atoms with E-state index in [-0.39, 0.29) is 0 Å². The molecule has 0 saturated carbocycles. The van der Waals surface area contributed by atoms with Crippen LogP contribution in [0.15, 0.2) is 34.4 Å². The van der Waals surface area contributed by atoms with Crippen molar-refractivity contribution < 1.29 is 0 Å². The molecule has 4 nitrogen and oxygen atoms in total. The van der Waals surface area contributed by atoms with Crippen LogP contribution in [-0.2, 0) is 0 Å². The fourth-order valence-corrected chi connectivity index (χ4v) is 2.83. The van der Waals surface area contributed by atoms with Gasteiger partial charge in [-0.2, -0.15) is 0 Å². The largest absolute Gasteiger partial charge is 0.369 e. The molecule has 0 atom stereocenters. The molecule has 3 rings (SSSR count).